The summed E-state index contributed by atoms with van der Waals surface area (Å²) in [4.78, 5) is 30.8. The smallest absolute Gasteiger partial charge is 0.361 e. The Labute approximate surface area is 189 Å². The third-order valence-electron chi connectivity index (χ3n) is 4.96. The van der Waals surface area contributed by atoms with Crippen molar-refractivity contribution < 1.29 is 19.1 Å². The van der Waals surface area contributed by atoms with Crippen molar-refractivity contribution in [3.8, 4) is 0 Å². The van der Waals surface area contributed by atoms with Gasteiger partial charge in [-0.15, -0.1) is 5.10 Å². The molecule has 1 fully saturated rings. The van der Waals surface area contributed by atoms with Gasteiger partial charge in [0.2, 0.25) is 0 Å². The summed E-state index contributed by atoms with van der Waals surface area (Å²) in [7, 11) is 1.39. The first kappa shape index (κ1) is 22.0. The molecular formula is C20H24ClN7O4. The fourth-order valence-electron chi connectivity index (χ4n) is 3.59. The van der Waals surface area contributed by atoms with E-state index >= 15 is 0 Å². The molecule has 0 amide bonds. The van der Waals surface area contributed by atoms with E-state index in [0.29, 0.717) is 36.0 Å². The minimum Gasteiger partial charge on any atom is -0.469 e. The Balaban J connectivity index is 1.55. The average Bonchev–Trinajstić information content (AvgIpc) is 3.44. The lowest BCUT2D eigenvalue weighted by atomic mass is 10.1. The maximum Gasteiger partial charge on any atom is 0.361 e. The van der Waals surface area contributed by atoms with Gasteiger partial charge in [0, 0.05) is 19.2 Å². The fraction of sp³-hybridized carbons (Fsp3) is 0.500. The normalized spacial score (nSPS) is 16.5. The number of esters is 2. The van der Waals surface area contributed by atoms with E-state index in [9.17, 15) is 9.59 Å². The third-order valence-corrected chi connectivity index (χ3v) is 5.14. The molecule has 0 aromatic carbocycles. The number of methoxy groups -OCH3 is 1. The Morgan fingerprint density at radius 1 is 1.28 bits per heavy atom. The summed E-state index contributed by atoms with van der Waals surface area (Å²) in [6.45, 7) is 6.84. The van der Waals surface area contributed by atoms with Gasteiger partial charge in [-0.25, -0.2) is 19.0 Å². The maximum absolute atomic E-state index is 12.2. The number of carbonyl (C=O) groups is 2. The number of hydrogen-bond acceptors (Lipinski definition) is 9. The van der Waals surface area contributed by atoms with Gasteiger partial charge in [0.1, 0.15) is 5.60 Å². The minimum atomic E-state index is -0.619. The topological polar surface area (TPSA) is 117 Å². The number of aromatic nitrogens is 6. The van der Waals surface area contributed by atoms with Crippen LogP contribution in [0.1, 0.15) is 43.4 Å². The zero-order valence-electron chi connectivity index (χ0n) is 18.3. The van der Waals surface area contributed by atoms with Gasteiger partial charge in [-0.3, -0.25) is 4.79 Å². The molecule has 0 bridgehead atoms. The van der Waals surface area contributed by atoms with E-state index in [4.69, 9.17) is 21.1 Å². The first-order valence-corrected chi connectivity index (χ1v) is 10.5. The molecule has 1 aliphatic rings. The van der Waals surface area contributed by atoms with Crippen molar-refractivity contribution in [2.24, 2.45) is 5.92 Å². The van der Waals surface area contributed by atoms with Crippen LogP contribution in [-0.2, 0) is 20.8 Å². The molecule has 1 aliphatic heterocycles. The summed E-state index contributed by atoms with van der Waals surface area (Å²) in [5.74, 6) is -0.953. The molecule has 0 N–H and O–H groups in total. The highest BCUT2D eigenvalue weighted by Crippen LogP contribution is 2.29. The number of fused-ring (bicyclic) bond motifs is 1. The number of hydrogen-bond donors (Lipinski definition) is 0. The van der Waals surface area contributed by atoms with Crippen molar-refractivity contribution in [1.82, 2.24) is 29.6 Å². The van der Waals surface area contributed by atoms with E-state index in [0.717, 1.165) is 5.69 Å². The number of imidazole rings is 1. The van der Waals surface area contributed by atoms with Crippen LogP contribution in [0, 0.1) is 5.92 Å². The van der Waals surface area contributed by atoms with Crippen molar-refractivity contribution in [2.75, 3.05) is 25.1 Å². The van der Waals surface area contributed by atoms with E-state index in [-0.39, 0.29) is 24.1 Å². The first-order valence-electron chi connectivity index (χ1n) is 10.1. The second-order valence-electron chi connectivity index (χ2n) is 8.61. The van der Waals surface area contributed by atoms with Crippen LogP contribution in [0.2, 0.25) is 5.15 Å². The number of ether oxygens (including phenoxy) is 2. The predicted octanol–water partition coefficient (Wildman–Crippen LogP) is 1.98. The van der Waals surface area contributed by atoms with Crippen LogP contribution >= 0.6 is 11.6 Å². The molecule has 0 saturated carbocycles. The molecule has 0 aliphatic carbocycles. The molecule has 3 aromatic heterocycles. The quantitative estimate of drug-likeness (QED) is 0.525. The number of halogens is 1. The molecule has 4 rings (SSSR count). The zero-order chi connectivity index (χ0) is 23.0. The first-order chi connectivity index (χ1) is 15.1. The monoisotopic (exact) mass is 461 g/mol. The van der Waals surface area contributed by atoms with Gasteiger partial charge >= 0.3 is 11.9 Å². The molecule has 3 aromatic rings. The predicted molar refractivity (Wildman–Crippen MR) is 115 cm³/mol. The zero-order valence-corrected chi connectivity index (χ0v) is 19.0. The minimum absolute atomic E-state index is 0.122. The van der Waals surface area contributed by atoms with Crippen molar-refractivity contribution in [2.45, 2.75) is 39.3 Å². The number of rotatable bonds is 5. The Morgan fingerprint density at radius 2 is 2.06 bits per heavy atom. The summed E-state index contributed by atoms with van der Waals surface area (Å²) in [5.41, 5.74) is 1.56. The molecule has 1 unspecified atom stereocenters. The Bertz CT molecular complexity index is 1170. The van der Waals surface area contributed by atoms with Crippen LogP contribution in [-0.4, -0.2) is 67.3 Å². The average molecular weight is 462 g/mol. The van der Waals surface area contributed by atoms with E-state index in [1.54, 1.807) is 37.5 Å². The van der Waals surface area contributed by atoms with Crippen LogP contribution in [0.25, 0.3) is 5.65 Å². The van der Waals surface area contributed by atoms with Crippen LogP contribution in [0.4, 0.5) is 5.69 Å². The Morgan fingerprint density at radius 3 is 2.78 bits per heavy atom. The van der Waals surface area contributed by atoms with Crippen molar-refractivity contribution >= 4 is 34.9 Å². The Hall–Kier alpha value is -3.21. The van der Waals surface area contributed by atoms with Crippen LogP contribution in [0.3, 0.4) is 0 Å². The number of nitrogens with zero attached hydrogens (tertiary/aromatic N) is 7. The summed E-state index contributed by atoms with van der Waals surface area (Å²) in [6.07, 6.45) is 3.95. The Kier molecular flexibility index (Phi) is 5.76. The lowest BCUT2D eigenvalue weighted by Crippen LogP contribution is -2.24. The molecule has 0 spiro atoms. The van der Waals surface area contributed by atoms with Gasteiger partial charge in [0.15, 0.2) is 16.5 Å². The van der Waals surface area contributed by atoms with Crippen LogP contribution < -0.4 is 4.90 Å². The van der Waals surface area contributed by atoms with Gasteiger partial charge in [0.05, 0.1) is 43.3 Å². The second-order valence-corrected chi connectivity index (χ2v) is 9.00. The largest absolute Gasteiger partial charge is 0.469 e. The van der Waals surface area contributed by atoms with Gasteiger partial charge in [-0.05, 0) is 27.2 Å². The van der Waals surface area contributed by atoms with E-state index in [2.05, 4.69) is 25.3 Å². The second kappa shape index (κ2) is 8.38. The van der Waals surface area contributed by atoms with Gasteiger partial charge < -0.3 is 14.4 Å². The number of carbonyl (C=O) groups excluding carboxylic acids is 2. The standard InChI is InChI=1S/C20H24ClN7O4/c1-20(2,3)32-19(30)14-11-27(25-23-14)9-13-10-28-17(22-13)15(7-16(21)24-28)26-6-5-12(8-26)18(29)31-4/h7,10-12H,5-6,8-9H2,1-4H3. The molecular weight excluding hydrogens is 438 g/mol. The maximum atomic E-state index is 12.2. The van der Waals surface area contributed by atoms with Gasteiger partial charge in [-0.2, -0.15) is 5.10 Å². The third kappa shape index (κ3) is 4.67. The number of anilines is 1. The molecule has 32 heavy (non-hydrogen) atoms. The summed E-state index contributed by atoms with van der Waals surface area (Å²) in [6, 6.07) is 1.74. The summed E-state index contributed by atoms with van der Waals surface area (Å²) < 4.78 is 13.3. The van der Waals surface area contributed by atoms with Gasteiger partial charge in [-0.1, -0.05) is 16.8 Å². The van der Waals surface area contributed by atoms with Crippen molar-refractivity contribution in [1.29, 1.82) is 0 Å². The molecule has 170 valence electrons. The van der Waals surface area contributed by atoms with Gasteiger partial charge in [0.25, 0.3) is 0 Å². The van der Waals surface area contributed by atoms with Crippen molar-refractivity contribution in [3.05, 3.63) is 35.0 Å². The lowest BCUT2D eigenvalue weighted by molar-refractivity contribution is -0.144. The van der Waals surface area contributed by atoms with Crippen LogP contribution in [0.5, 0.6) is 0 Å². The van der Waals surface area contributed by atoms with Crippen LogP contribution in [0.15, 0.2) is 18.5 Å². The summed E-state index contributed by atoms with van der Waals surface area (Å²) in [5, 5.41) is 12.5. The van der Waals surface area contributed by atoms with E-state index in [1.807, 2.05) is 0 Å². The van der Waals surface area contributed by atoms with E-state index in [1.165, 1.54) is 18.0 Å². The lowest BCUT2D eigenvalue weighted by Gasteiger charge is -2.18. The SMILES string of the molecule is COC(=O)C1CCN(c2cc(Cl)nn3cc(Cn4cc(C(=O)OC(C)(C)C)nn4)nc23)C1. The van der Waals surface area contributed by atoms with E-state index < -0.39 is 11.6 Å². The highest BCUT2D eigenvalue weighted by atomic mass is 35.5. The highest BCUT2D eigenvalue weighted by Gasteiger charge is 2.31. The molecule has 12 heteroatoms. The molecule has 4 heterocycles. The molecule has 1 saturated heterocycles. The summed E-state index contributed by atoms with van der Waals surface area (Å²) >= 11 is 6.23. The highest BCUT2D eigenvalue weighted by molar-refractivity contribution is 6.29. The molecule has 11 nitrogen and oxygen atoms in total. The molecule has 0 radical (unpaired) electrons. The fourth-order valence-corrected chi connectivity index (χ4v) is 3.78. The molecule has 1 atom stereocenters. The van der Waals surface area contributed by atoms with Crippen molar-refractivity contribution in [3.63, 3.8) is 0 Å².